The second-order valence-electron chi connectivity index (χ2n) is 5.33. The van der Waals surface area contributed by atoms with Crippen molar-refractivity contribution in [2.45, 2.75) is 32.9 Å². The first-order valence-electron chi connectivity index (χ1n) is 7.57. The van der Waals surface area contributed by atoms with Gasteiger partial charge in [0.1, 0.15) is 0 Å². The minimum atomic E-state index is -0.425. The van der Waals surface area contributed by atoms with Crippen molar-refractivity contribution in [3.05, 3.63) is 35.7 Å². The summed E-state index contributed by atoms with van der Waals surface area (Å²) < 4.78 is 20.6. The zero-order chi connectivity index (χ0) is 15.5. The Morgan fingerprint density at radius 2 is 2.09 bits per heavy atom. The van der Waals surface area contributed by atoms with E-state index in [4.69, 9.17) is 4.74 Å². The average molecular weight is 305 g/mol. The highest BCUT2D eigenvalue weighted by atomic mass is 19.1. The standard InChI is InChI=1S/C15H20FN5O/c1-3-21-9-11-7-20(15-17-5-13(16)6-18-15)8-12(10-22-4-2)14(11)19-21/h5-6,9,12H,3-4,7-8,10H2,1-2H3/t12-/m1/s1. The van der Waals surface area contributed by atoms with Crippen molar-refractivity contribution < 1.29 is 9.13 Å². The number of aryl methyl sites for hydroxylation is 1. The summed E-state index contributed by atoms with van der Waals surface area (Å²) in [6.07, 6.45) is 4.46. The highest BCUT2D eigenvalue weighted by Gasteiger charge is 2.29. The summed E-state index contributed by atoms with van der Waals surface area (Å²) in [5.41, 5.74) is 2.25. The monoisotopic (exact) mass is 305 g/mol. The third-order valence-corrected chi connectivity index (χ3v) is 3.80. The van der Waals surface area contributed by atoms with Gasteiger partial charge in [-0.2, -0.15) is 5.10 Å². The summed E-state index contributed by atoms with van der Waals surface area (Å²) in [5.74, 6) is 0.286. The van der Waals surface area contributed by atoms with Gasteiger partial charge in [-0.25, -0.2) is 14.4 Å². The van der Waals surface area contributed by atoms with Crippen LogP contribution < -0.4 is 4.90 Å². The van der Waals surface area contributed by atoms with E-state index in [2.05, 4.69) is 28.2 Å². The first-order chi connectivity index (χ1) is 10.7. The van der Waals surface area contributed by atoms with E-state index in [0.29, 0.717) is 25.7 Å². The van der Waals surface area contributed by atoms with Crippen LogP contribution in [-0.2, 0) is 17.8 Å². The van der Waals surface area contributed by atoms with Crippen LogP contribution in [0.15, 0.2) is 18.6 Å². The van der Waals surface area contributed by atoms with Crippen molar-refractivity contribution in [2.75, 3.05) is 24.7 Å². The van der Waals surface area contributed by atoms with Crippen LogP contribution >= 0.6 is 0 Å². The van der Waals surface area contributed by atoms with Crippen LogP contribution in [0.5, 0.6) is 0 Å². The van der Waals surface area contributed by atoms with E-state index in [1.165, 1.54) is 12.4 Å². The smallest absolute Gasteiger partial charge is 0.225 e. The quantitative estimate of drug-likeness (QED) is 0.845. The second kappa shape index (κ2) is 6.39. The first-order valence-corrected chi connectivity index (χ1v) is 7.57. The minimum Gasteiger partial charge on any atom is -0.381 e. The molecule has 0 amide bonds. The number of anilines is 1. The predicted octanol–water partition coefficient (Wildman–Crippen LogP) is 1.97. The first kappa shape index (κ1) is 14.9. The molecule has 7 heteroatoms. The van der Waals surface area contributed by atoms with Gasteiger partial charge in [0.15, 0.2) is 5.82 Å². The highest BCUT2D eigenvalue weighted by Crippen LogP contribution is 2.29. The topological polar surface area (TPSA) is 56.1 Å². The van der Waals surface area contributed by atoms with E-state index >= 15 is 0 Å². The number of hydrogen-bond donors (Lipinski definition) is 0. The molecule has 0 radical (unpaired) electrons. The van der Waals surface area contributed by atoms with Crippen molar-refractivity contribution in [3.8, 4) is 0 Å². The van der Waals surface area contributed by atoms with Gasteiger partial charge >= 0.3 is 0 Å². The number of aromatic nitrogens is 4. The lowest BCUT2D eigenvalue weighted by Crippen LogP contribution is -2.36. The molecule has 3 heterocycles. The molecule has 0 unspecified atom stereocenters. The Morgan fingerprint density at radius 1 is 1.32 bits per heavy atom. The molecule has 1 aliphatic heterocycles. The van der Waals surface area contributed by atoms with E-state index in [-0.39, 0.29) is 5.92 Å². The third-order valence-electron chi connectivity index (χ3n) is 3.80. The van der Waals surface area contributed by atoms with E-state index in [1.54, 1.807) is 0 Å². The maximum absolute atomic E-state index is 13.0. The summed E-state index contributed by atoms with van der Waals surface area (Å²) in [4.78, 5) is 10.2. The molecule has 118 valence electrons. The number of hydrogen-bond acceptors (Lipinski definition) is 5. The Kier molecular flexibility index (Phi) is 4.33. The fourth-order valence-electron chi connectivity index (χ4n) is 2.74. The van der Waals surface area contributed by atoms with Crippen molar-refractivity contribution in [1.82, 2.24) is 19.7 Å². The van der Waals surface area contributed by atoms with Crippen molar-refractivity contribution >= 4 is 5.95 Å². The van der Waals surface area contributed by atoms with Gasteiger partial charge in [0, 0.05) is 43.9 Å². The predicted molar refractivity (Wildman–Crippen MR) is 80.2 cm³/mol. The molecular weight excluding hydrogens is 285 g/mol. The summed E-state index contributed by atoms with van der Waals surface area (Å²) in [7, 11) is 0. The van der Waals surface area contributed by atoms with Gasteiger partial charge in [-0.15, -0.1) is 0 Å². The molecule has 3 rings (SSSR count). The Balaban J connectivity index is 1.87. The lowest BCUT2D eigenvalue weighted by Gasteiger charge is -2.31. The Bertz CT molecular complexity index is 627. The minimum absolute atomic E-state index is 0.171. The molecule has 1 aliphatic rings. The normalized spacial score (nSPS) is 17.6. The van der Waals surface area contributed by atoms with E-state index in [9.17, 15) is 4.39 Å². The van der Waals surface area contributed by atoms with Gasteiger partial charge in [-0.1, -0.05) is 0 Å². The summed E-state index contributed by atoms with van der Waals surface area (Å²) >= 11 is 0. The van der Waals surface area contributed by atoms with Crippen LogP contribution in [0.4, 0.5) is 10.3 Å². The molecule has 2 aromatic rings. The molecule has 6 nitrogen and oxygen atoms in total. The molecule has 2 aromatic heterocycles. The molecule has 0 aliphatic carbocycles. The van der Waals surface area contributed by atoms with Crippen LogP contribution in [0.25, 0.3) is 0 Å². The van der Waals surface area contributed by atoms with Crippen LogP contribution in [0.2, 0.25) is 0 Å². The number of halogens is 1. The highest BCUT2D eigenvalue weighted by molar-refractivity contribution is 5.38. The van der Waals surface area contributed by atoms with Crippen LogP contribution in [0, 0.1) is 5.82 Å². The van der Waals surface area contributed by atoms with Crippen molar-refractivity contribution in [2.24, 2.45) is 0 Å². The molecule has 0 N–H and O–H groups in total. The second-order valence-corrected chi connectivity index (χ2v) is 5.33. The van der Waals surface area contributed by atoms with Gasteiger partial charge in [0.25, 0.3) is 0 Å². The van der Waals surface area contributed by atoms with Crippen LogP contribution in [-0.4, -0.2) is 39.5 Å². The zero-order valence-corrected chi connectivity index (χ0v) is 12.9. The molecule has 0 bridgehead atoms. The lowest BCUT2D eigenvalue weighted by atomic mass is 9.97. The van der Waals surface area contributed by atoms with Crippen molar-refractivity contribution in [3.63, 3.8) is 0 Å². The van der Waals surface area contributed by atoms with Gasteiger partial charge < -0.3 is 9.64 Å². The Hall–Kier alpha value is -2.02. The van der Waals surface area contributed by atoms with E-state index in [1.807, 2.05) is 16.5 Å². The van der Waals surface area contributed by atoms with E-state index < -0.39 is 5.82 Å². The summed E-state index contributed by atoms with van der Waals surface area (Å²) in [6, 6.07) is 0. The van der Waals surface area contributed by atoms with Crippen molar-refractivity contribution in [1.29, 1.82) is 0 Å². The molecule has 0 fully saturated rings. The molecule has 0 saturated heterocycles. The molecular formula is C15H20FN5O. The number of ether oxygens (including phenoxy) is 1. The molecule has 0 saturated carbocycles. The summed E-state index contributed by atoms with van der Waals surface area (Å²) in [5, 5.41) is 4.66. The Morgan fingerprint density at radius 3 is 2.77 bits per heavy atom. The maximum Gasteiger partial charge on any atom is 0.225 e. The third kappa shape index (κ3) is 2.94. The number of nitrogens with zero attached hydrogens (tertiary/aromatic N) is 5. The van der Waals surface area contributed by atoms with Crippen LogP contribution in [0.3, 0.4) is 0 Å². The zero-order valence-electron chi connectivity index (χ0n) is 12.9. The lowest BCUT2D eigenvalue weighted by molar-refractivity contribution is 0.130. The maximum atomic E-state index is 13.0. The fraction of sp³-hybridized carbons (Fsp3) is 0.533. The fourth-order valence-corrected chi connectivity index (χ4v) is 2.74. The largest absolute Gasteiger partial charge is 0.381 e. The van der Waals surface area contributed by atoms with E-state index in [0.717, 1.165) is 24.3 Å². The van der Waals surface area contributed by atoms with Crippen LogP contribution in [0.1, 0.15) is 31.0 Å². The molecule has 0 aromatic carbocycles. The summed E-state index contributed by atoms with van der Waals surface area (Å²) in [6.45, 7) is 7.58. The average Bonchev–Trinajstić information content (AvgIpc) is 2.96. The van der Waals surface area contributed by atoms with Gasteiger partial charge in [-0.3, -0.25) is 4.68 Å². The van der Waals surface area contributed by atoms with Gasteiger partial charge in [0.2, 0.25) is 5.95 Å². The SMILES string of the molecule is CCOC[C@H]1CN(c2ncc(F)cn2)Cc2cn(CC)nc21. The number of fused-ring (bicyclic) bond motifs is 1. The Labute approximate surface area is 128 Å². The molecule has 0 spiro atoms. The molecule has 22 heavy (non-hydrogen) atoms. The van der Waals surface area contributed by atoms with Gasteiger partial charge in [-0.05, 0) is 13.8 Å². The number of rotatable bonds is 5. The van der Waals surface area contributed by atoms with Gasteiger partial charge in [0.05, 0.1) is 24.7 Å². The molecule has 1 atom stereocenters.